The predicted molar refractivity (Wildman–Crippen MR) is 136 cm³/mol. The fourth-order valence-corrected chi connectivity index (χ4v) is 4.77. The van der Waals surface area contributed by atoms with Crippen LogP contribution in [0, 0.1) is 6.92 Å². The lowest BCUT2D eigenvalue weighted by atomic mass is 10.0. The molecule has 32 heavy (non-hydrogen) atoms. The molecule has 1 atom stereocenters. The third-order valence-corrected chi connectivity index (χ3v) is 6.62. The third kappa shape index (κ3) is 4.44. The Kier molecular flexibility index (Phi) is 6.66. The van der Waals surface area contributed by atoms with Crippen LogP contribution in [0.2, 0.25) is 0 Å². The van der Waals surface area contributed by atoms with Gasteiger partial charge >= 0.3 is 0 Å². The van der Waals surface area contributed by atoms with E-state index in [2.05, 4.69) is 39.0 Å². The third-order valence-electron chi connectivity index (χ3n) is 5.63. The maximum Gasteiger partial charge on any atom is 0.267 e. The van der Waals surface area contributed by atoms with E-state index in [0.717, 1.165) is 39.4 Å². The van der Waals surface area contributed by atoms with Crippen molar-refractivity contribution in [2.24, 2.45) is 4.99 Å². The van der Waals surface area contributed by atoms with Crippen LogP contribution < -0.4 is 4.74 Å². The molecule has 5 heteroatoms. The molecule has 1 aliphatic heterocycles. The lowest BCUT2D eigenvalue weighted by Crippen LogP contribution is -2.36. The van der Waals surface area contributed by atoms with Gasteiger partial charge in [-0.1, -0.05) is 55.0 Å². The fourth-order valence-electron chi connectivity index (χ4n) is 3.70. The topological polar surface area (TPSA) is 41.9 Å². The van der Waals surface area contributed by atoms with Crippen LogP contribution in [0.15, 0.2) is 70.6 Å². The molecule has 0 unspecified atom stereocenters. The number of fused-ring (bicyclic) bond motifs is 1. The Hall–Kier alpha value is -3.05. The van der Waals surface area contributed by atoms with Gasteiger partial charge in [0.15, 0.2) is 5.17 Å². The van der Waals surface area contributed by atoms with E-state index >= 15 is 0 Å². The van der Waals surface area contributed by atoms with Crippen LogP contribution in [-0.2, 0) is 4.79 Å². The van der Waals surface area contributed by atoms with Crippen molar-refractivity contribution in [1.29, 1.82) is 0 Å². The van der Waals surface area contributed by atoms with Crippen molar-refractivity contribution in [3.05, 3.63) is 76.7 Å². The van der Waals surface area contributed by atoms with E-state index in [1.165, 1.54) is 17.3 Å². The molecule has 0 N–H and O–H groups in total. The van der Waals surface area contributed by atoms with Gasteiger partial charge in [0.1, 0.15) is 5.75 Å². The highest BCUT2D eigenvalue weighted by Gasteiger charge is 2.36. The standard InChI is InChI=1S/C27H28N2O2S/c1-5-19(4)29-26(30)25(32-27(29)28-21-14-11-18(3)12-15-21)17-23-22-10-8-7-9-20(22)13-16-24(23)31-6-2/h7-17,19H,5-6H2,1-4H3/b25-17+,28-27?/t19-/m1/s1. The number of benzene rings is 3. The quantitative estimate of drug-likeness (QED) is 0.386. The number of rotatable bonds is 6. The zero-order valence-electron chi connectivity index (χ0n) is 19.0. The number of hydrogen-bond acceptors (Lipinski definition) is 4. The fraction of sp³-hybridized carbons (Fsp3) is 0.259. The number of hydrogen-bond donors (Lipinski definition) is 0. The second-order valence-electron chi connectivity index (χ2n) is 7.90. The van der Waals surface area contributed by atoms with Crippen molar-refractivity contribution in [1.82, 2.24) is 4.90 Å². The van der Waals surface area contributed by atoms with Gasteiger partial charge in [-0.05, 0) is 74.0 Å². The lowest BCUT2D eigenvalue weighted by molar-refractivity contribution is -0.123. The number of nitrogens with zero attached hydrogens (tertiary/aromatic N) is 2. The maximum absolute atomic E-state index is 13.5. The molecule has 3 aromatic rings. The number of amides is 1. The Balaban J connectivity index is 1.81. The van der Waals surface area contributed by atoms with E-state index < -0.39 is 0 Å². The minimum Gasteiger partial charge on any atom is -0.493 e. The van der Waals surface area contributed by atoms with E-state index in [0.29, 0.717) is 11.5 Å². The average molecular weight is 445 g/mol. The Labute approximate surface area is 194 Å². The lowest BCUT2D eigenvalue weighted by Gasteiger charge is -2.22. The SMILES string of the molecule is CCOc1ccc2ccccc2c1/C=C1/SC(=Nc2ccc(C)cc2)N([C@H](C)CC)C1=O. The first-order chi connectivity index (χ1) is 15.5. The molecular weight excluding hydrogens is 416 g/mol. The van der Waals surface area contributed by atoms with Crippen molar-refractivity contribution in [2.45, 2.75) is 40.2 Å². The van der Waals surface area contributed by atoms with E-state index in [-0.39, 0.29) is 11.9 Å². The van der Waals surface area contributed by atoms with Crippen LogP contribution in [0.1, 0.15) is 38.3 Å². The number of carbonyl (C=O) groups excluding carboxylic acids is 1. The van der Waals surface area contributed by atoms with Gasteiger partial charge in [-0.15, -0.1) is 0 Å². The van der Waals surface area contributed by atoms with Crippen LogP contribution in [0.4, 0.5) is 5.69 Å². The van der Waals surface area contributed by atoms with Gasteiger partial charge in [0.2, 0.25) is 0 Å². The van der Waals surface area contributed by atoms with Crippen molar-refractivity contribution in [2.75, 3.05) is 6.61 Å². The first-order valence-electron chi connectivity index (χ1n) is 11.0. The summed E-state index contributed by atoms with van der Waals surface area (Å²) in [6.45, 7) is 8.74. The smallest absolute Gasteiger partial charge is 0.267 e. The van der Waals surface area contributed by atoms with E-state index in [9.17, 15) is 4.79 Å². The summed E-state index contributed by atoms with van der Waals surface area (Å²) in [6, 6.07) is 20.3. The summed E-state index contributed by atoms with van der Waals surface area (Å²) >= 11 is 1.43. The molecule has 164 valence electrons. The van der Waals surface area contributed by atoms with Gasteiger partial charge in [-0.3, -0.25) is 9.69 Å². The van der Waals surface area contributed by atoms with E-state index in [1.54, 1.807) is 0 Å². The van der Waals surface area contributed by atoms with Gasteiger partial charge in [-0.25, -0.2) is 4.99 Å². The normalized spacial score (nSPS) is 17.5. The monoisotopic (exact) mass is 444 g/mol. The van der Waals surface area contributed by atoms with Crippen LogP contribution in [-0.4, -0.2) is 28.6 Å². The minimum absolute atomic E-state index is 0.00871. The highest BCUT2D eigenvalue weighted by molar-refractivity contribution is 8.18. The van der Waals surface area contributed by atoms with Gasteiger partial charge in [0, 0.05) is 11.6 Å². The summed E-state index contributed by atoms with van der Waals surface area (Å²) in [5.74, 6) is 0.775. The van der Waals surface area contributed by atoms with Crippen LogP contribution in [0.3, 0.4) is 0 Å². The summed E-state index contributed by atoms with van der Waals surface area (Å²) in [4.78, 5) is 20.8. The summed E-state index contributed by atoms with van der Waals surface area (Å²) in [7, 11) is 0. The first-order valence-corrected chi connectivity index (χ1v) is 11.9. The molecule has 3 aromatic carbocycles. The number of aliphatic imine (C=N–C) groups is 1. The number of carbonyl (C=O) groups is 1. The Bertz CT molecular complexity index is 1200. The van der Waals surface area contributed by atoms with Crippen LogP contribution in [0.25, 0.3) is 16.8 Å². The number of thioether (sulfide) groups is 1. The van der Waals surface area contributed by atoms with Gasteiger partial charge < -0.3 is 4.74 Å². The van der Waals surface area contributed by atoms with Crippen LogP contribution in [0.5, 0.6) is 5.75 Å². The summed E-state index contributed by atoms with van der Waals surface area (Å²) < 4.78 is 5.91. The molecule has 1 fully saturated rings. The van der Waals surface area contributed by atoms with Gasteiger partial charge in [0.25, 0.3) is 5.91 Å². The molecule has 4 rings (SSSR count). The Morgan fingerprint density at radius 3 is 2.53 bits per heavy atom. The number of amidine groups is 1. The molecule has 1 heterocycles. The van der Waals surface area contributed by atoms with Crippen LogP contribution >= 0.6 is 11.8 Å². The van der Waals surface area contributed by atoms with Crippen molar-refractivity contribution >= 4 is 45.4 Å². The Morgan fingerprint density at radius 2 is 1.81 bits per heavy atom. The highest BCUT2D eigenvalue weighted by Crippen LogP contribution is 2.39. The molecule has 0 spiro atoms. The Morgan fingerprint density at radius 1 is 1.06 bits per heavy atom. The predicted octanol–water partition coefficient (Wildman–Crippen LogP) is 6.95. The maximum atomic E-state index is 13.5. The molecule has 1 amide bonds. The summed E-state index contributed by atoms with van der Waals surface area (Å²) in [5.41, 5.74) is 2.96. The number of aryl methyl sites for hydroxylation is 1. The largest absolute Gasteiger partial charge is 0.493 e. The first kappa shape index (κ1) is 22.2. The zero-order chi connectivity index (χ0) is 22.7. The molecule has 0 aliphatic carbocycles. The molecule has 4 nitrogen and oxygen atoms in total. The second kappa shape index (κ2) is 9.61. The molecule has 0 saturated carbocycles. The molecule has 1 saturated heterocycles. The minimum atomic E-state index is -0.00871. The molecular formula is C27H28N2O2S. The molecule has 0 radical (unpaired) electrons. The summed E-state index contributed by atoms with van der Waals surface area (Å²) in [6.07, 6.45) is 2.82. The van der Waals surface area contributed by atoms with E-state index in [4.69, 9.17) is 9.73 Å². The van der Waals surface area contributed by atoms with Crippen molar-refractivity contribution in [3.63, 3.8) is 0 Å². The average Bonchev–Trinajstić information content (AvgIpc) is 3.11. The van der Waals surface area contributed by atoms with Gasteiger partial charge in [0.05, 0.1) is 17.2 Å². The molecule has 0 aromatic heterocycles. The summed E-state index contributed by atoms with van der Waals surface area (Å²) in [5, 5.41) is 2.90. The van der Waals surface area contributed by atoms with E-state index in [1.807, 2.05) is 60.4 Å². The number of ether oxygens (including phenoxy) is 1. The van der Waals surface area contributed by atoms with Crippen molar-refractivity contribution < 1.29 is 9.53 Å². The molecule has 0 bridgehead atoms. The molecule has 1 aliphatic rings. The highest BCUT2D eigenvalue weighted by atomic mass is 32.2. The zero-order valence-corrected chi connectivity index (χ0v) is 19.8. The van der Waals surface area contributed by atoms with Crippen molar-refractivity contribution in [3.8, 4) is 5.75 Å². The second-order valence-corrected chi connectivity index (χ2v) is 8.91. The van der Waals surface area contributed by atoms with Gasteiger partial charge in [-0.2, -0.15) is 0 Å².